The predicted octanol–water partition coefficient (Wildman–Crippen LogP) is 3.80. The first-order valence-electron chi connectivity index (χ1n) is 6.49. The Hall–Kier alpha value is -0.770. The van der Waals surface area contributed by atoms with Crippen molar-refractivity contribution < 1.29 is 0 Å². The molecule has 0 amide bonds. The summed E-state index contributed by atoms with van der Waals surface area (Å²) in [5.74, 6) is 3.25. The van der Waals surface area contributed by atoms with E-state index in [1.165, 1.54) is 6.42 Å². The van der Waals surface area contributed by atoms with Crippen LogP contribution in [0.5, 0.6) is 0 Å². The molecule has 1 aromatic heterocycles. The summed E-state index contributed by atoms with van der Waals surface area (Å²) in [4.78, 5) is 9.07. The third-order valence-electron chi connectivity index (χ3n) is 2.74. The number of nitrogens with two attached hydrogens (primary N) is 1. The SMILES string of the molecule is Cc1c(N)nc(C(C)(C)C)nc1SCCC(C)C. The average Bonchev–Trinajstić information content (AvgIpc) is 2.22. The van der Waals surface area contributed by atoms with Crippen LogP contribution in [-0.4, -0.2) is 15.7 Å². The third-order valence-corrected chi connectivity index (χ3v) is 3.85. The summed E-state index contributed by atoms with van der Waals surface area (Å²) in [6.45, 7) is 12.8. The Bertz CT molecular complexity index is 408. The molecular weight excluding hydrogens is 242 g/mol. The first-order chi connectivity index (χ1) is 8.21. The second-order valence-corrected chi connectivity index (χ2v) is 7.23. The van der Waals surface area contributed by atoms with Gasteiger partial charge in [-0.15, -0.1) is 11.8 Å². The molecule has 0 spiro atoms. The zero-order valence-electron chi connectivity index (χ0n) is 12.4. The van der Waals surface area contributed by atoms with Crippen LogP contribution in [0, 0.1) is 12.8 Å². The predicted molar refractivity (Wildman–Crippen MR) is 80.1 cm³/mol. The standard InChI is InChI=1S/C14H25N3S/c1-9(2)7-8-18-12-10(3)11(15)16-13(17-12)14(4,5)6/h9H,7-8H2,1-6H3,(H2,15,16,17). The van der Waals surface area contributed by atoms with Gasteiger partial charge in [-0.3, -0.25) is 0 Å². The molecule has 3 nitrogen and oxygen atoms in total. The fourth-order valence-electron chi connectivity index (χ4n) is 1.38. The van der Waals surface area contributed by atoms with E-state index in [-0.39, 0.29) is 5.41 Å². The lowest BCUT2D eigenvalue weighted by Gasteiger charge is -2.19. The van der Waals surface area contributed by atoms with Crippen molar-refractivity contribution in [1.82, 2.24) is 9.97 Å². The molecule has 0 unspecified atom stereocenters. The number of hydrogen-bond acceptors (Lipinski definition) is 4. The second kappa shape index (κ2) is 5.91. The van der Waals surface area contributed by atoms with Crippen LogP contribution < -0.4 is 5.73 Å². The number of hydrogen-bond donors (Lipinski definition) is 1. The van der Waals surface area contributed by atoms with Gasteiger partial charge in [0.25, 0.3) is 0 Å². The molecule has 1 heterocycles. The van der Waals surface area contributed by atoms with Crippen LogP contribution >= 0.6 is 11.8 Å². The molecule has 0 aliphatic carbocycles. The van der Waals surface area contributed by atoms with Gasteiger partial charge in [-0.25, -0.2) is 9.97 Å². The van der Waals surface area contributed by atoms with E-state index in [2.05, 4.69) is 44.6 Å². The molecule has 0 aliphatic rings. The van der Waals surface area contributed by atoms with E-state index < -0.39 is 0 Å². The average molecular weight is 267 g/mol. The van der Waals surface area contributed by atoms with Crippen LogP contribution in [0.25, 0.3) is 0 Å². The van der Waals surface area contributed by atoms with Crippen molar-refractivity contribution in [3.8, 4) is 0 Å². The summed E-state index contributed by atoms with van der Waals surface area (Å²) >= 11 is 1.79. The first-order valence-corrected chi connectivity index (χ1v) is 7.47. The largest absolute Gasteiger partial charge is 0.383 e. The van der Waals surface area contributed by atoms with Gasteiger partial charge in [-0.2, -0.15) is 0 Å². The van der Waals surface area contributed by atoms with Crippen molar-refractivity contribution in [3.63, 3.8) is 0 Å². The van der Waals surface area contributed by atoms with E-state index >= 15 is 0 Å². The molecule has 0 atom stereocenters. The van der Waals surface area contributed by atoms with Gasteiger partial charge in [0, 0.05) is 11.0 Å². The van der Waals surface area contributed by atoms with E-state index in [1.807, 2.05) is 6.92 Å². The molecule has 18 heavy (non-hydrogen) atoms. The number of rotatable bonds is 4. The quantitative estimate of drug-likeness (QED) is 0.666. The molecule has 2 N–H and O–H groups in total. The molecule has 102 valence electrons. The Labute approximate surface area is 115 Å². The summed E-state index contributed by atoms with van der Waals surface area (Å²) in [6, 6.07) is 0. The highest BCUT2D eigenvalue weighted by Gasteiger charge is 2.20. The van der Waals surface area contributed by atoms with Crippen LogP contribution in [0.15, 0.2) is 5.03 Å². The van der Waals surface area contributed by atoms with Gasteiger partial charge in [0.05, 0.1) is 0 Å². The molecule has 0 aromatic carbocycles. The highest BCUT2D eigenvalue weighted by atomic mass is 32.2. The van der Waals surface area contributed by atoms with Crippen molar-refractivity contribution in [2.45, 2.75) is 58.4 Å². The van der Waals surface area contributed by atoms with Crippen LogP contribution in [0.4, 0.5) is 5.82 Å². The first kappa shape index (κ1) is 15.3. The number of anilines is 1. The molecular formula is C14H25N3S. The van der Waals surface area contributed by atoms with E-state index in [1.54, 1.807) is 11.8 Å². The van der Waals surface area contributed by atoms with Crippen LogP contribution in [-0.2, 0) is 5.41 Å². The van der Waals surface area contributed by atoms with E-state index in [9.17, 15) is 0 Å². The Morgan fingerprint density at radius 1 is 1.22 bits per heavy atom. The van der Waals surface area contributed by atoms with Gasteiger partial charge < -0.3 is 5.73 Å². The maximum atomic E-state index is 5.99. The maximum Gasteiger partial charge on any atom is 0.137 e. The minimum absolute atomic E-state index is 0.0603. The lowest BCUT2D eigenvalue weighted by Crippen LogP contribution is -2.18. The van der Waals surface area contributed by atoms with Gasteiger partial charge >= 0.3 is 0 Å². The summed E-state index contributed by atoms with van der Waals surface area (Å²) in [5, 5.41) is 1.04. The van der Waals surface area contributed by atoms with Crippen molar-refractivity contribution in [2.75, 3.05) is 11.5 Å². The zero-order valence-corrected chi connectivity index (χ0v) is 13.2. The molecule has 0 bridgehead atoms. The van der Waals surface area contributed by atoms with Crippen LogP contribution in [0.3, 0.4) is 0 Å². The van der Waals surface area contributed by atoms with E-state index in [0.717, 1.165) is 28.1 Å². The normalized spacial score (nSPS) is 12.2. The maximum absolute atomic E-state index is 5.99. The van der Waals surface area contributed by atoms with Crippen molar-refractivity contribution in [3.05, 3.63) is 11.4 Å². The van der Waals surface area contributed by atoms with Crippen LogP contribution in [0.1, 0.15) is 52.4 Å². The lowest BCUT2D eigenvalue weighted by atomic mass is 9.95. The zero-order chi connectivity index (χ0) is 13.9. The lowest BCUT2D eigenvalue weighted by molar-refractivity contribution is 0.538. The van der Waals surface area contributed by atoms with Crippen molar-refractivity contribution in [1.29, 1.82) is 0 Å². The minimum atomic E-state index is -0.0603. The Kier molecular flexibility index (Phi) is 5.02. The summed E-state index contributed by atoms with van der Waals surface area (Å²) in [7, 11) is 0. The second-order valence-electron chi connectivity index (χ2n) is 6.14. The van der Waals surface area contributed by atoms with Crippen LogP contribution in [0.2, 0.25) is 0 Å². The third kappa shape index (κ3) is 4.16. The number of nitrogens with zero attached hydrogens (tertiary/aromatic N) is 2. The van der Waals surface area contributed by atoms with Crippen molar-refractivity contribution >= 4 is 17.6 Å². The molecule has 0 fully saturated rings. The summed E-state index contributed by atoms with van der Waals surface area (Å²) in [5.41, 5.74) is 6.94. The van der Waals surface area contributed by atoms with Gasteiger partial charge in [0.15, 0.2) is 0 Å². The fourth-order valence-corrected chi connectivity index (χ4v) is 2.63. The summed E-state index contributed by atoms with van der Waals surface area (Å²) < 4.78 is 0. The molecule has 0 aliphatic heterocycles. The number of nitrogen functional groups attached to an aromatic ring is 1. The van der Waals surface area contributed by atoms with Gasteiger partial charge in [0.2, 0.25) is 0 Å². The molecule has 0 radical (unpaired) electrons. The smallest absolute Gasteiger partial charge is 0.137 e. The Balaban J connectivity index is 2.93. The van der Waals surface area contributed by atoms with E-state index in [0.29, 0.717) is 5.82 Å². The van der Waals surface area contributed by atoms with Gasteiger partial charge in [-0.1, -0.05) is 34.6 Å². The Morgan fingerprint density at radius 2 is 1.83 bits per heavy atom. The fraction of sp³-hybridized carbons (Fsp3) is 0.714. The number of thioether (sulfide) groups is 1. The van der Waals surface area contributed by atoms with Crippen molar-refractivity contribution in [2.24, 2.45) is 5.92 Å². The molecule has 1 aromatic rings. The monoisotopic (exact) mass is 267 g/mol. The van der Waals surface area contributed by atoms with Gasteiger partial charge in [-0.05, 0) is 25.0 Å². The molecule has 0 saturated carbocycles. The van der Waals surface area contributed by atoms with E-state index in [4.69, 9.17) is 5.73 Å². The highest BCUT2D eigenvalue weighted by Crippen LogP contribution is 2.28. The molecule has 0 saturated heterocycles. The minimum Gasteiger partial charge on any atom is -0.383 e. The number of aromatic nitrogens is 2. The molecule has 1 rings (SSSR count). The summed E-state index contributed by atoms with van der Waals surface area (Å²) in [6.07, 6.45) is 1.19. The Morgan fingerprint density at radius 3 is 2.33 bits per heavy atom. The molecule has 4 heteroatoms. The topological polar surface area (TPSA) is 51.8 Å². The highest BCUT2D eigenvalue weighted by molar-refractivity contribution is 7.99. The van der Waals surface area contributed by atoms with Gasteiger partial charge in [0.1, 0.15) is 16.7 Å².